The molecule has 1 aromatic heterocycles. The van der Waals surface area contributed by atoms with Gasteiger partial charge in [0, 0.05) is 4.47 Å². The molecule has 0 fully saturated rings. The van der Waals surface area contributed by atoms with Crippen LogP contribution >= 0.6 is 27.5 Å². The lowest BCUT2D eigenvalue weighted by Gasteiger charge is -2.09. The first kappa shape index (κ1) is 11.5. The molecule has 3 nitrogen and oxygen atoms in total. The van der Waals surface area contributed by atoms with Crippen LogP contribution in [0.4, 0.5) is 0 Å². The minimum Gasteiger partial charge on any atom is -0.465 e. The van der Waals surface area contributed by atoms with E-state index in [0.717, 1.165) is 15.7 Å². The molecule has 0 amide bonds. The van der Waals surface area contributed by atoms with Gasteiger partial charge in [0.25, 0.3) is 0 Å². The van der Waals surface area contributed by atoms with E-state index in [-0.39, 0.29) is 5.15 Å². The van der Waals surface area contributed by atoms with E-state index in [1.54, 1.807) is 6.92 Å². The Labute approximate surface area is 95.6 Å². The first-order valence-corrected chi connectivity index (χ1v) is 5.06. The largest absolute Gasteiger partial charge is 0.465 e. The van der Waals surface area contributed by atoms with Gasteiger partial charge in [0.2, 0.25) is 0 Å². The lowest BCUT2D eigenvalue weighted by molar-refractivity contribution is 0.0599. The second-order valence-corrected chi connectivity index (χ2v) is 3.94. The Balaban J connectivity index is 3.44. The summed E-state index contributed by atoms with van der Waals surface area (Å²) in [5.74, 6) is -0.472. The van der Waals surface area contributed by atoms with Crippen molar-refractivity contribution in [3.8, 4) is 0 Å². The summed E-state index contributed by atoms with van der Waals surface area (Å²) in [6, 6.07) is 0. The van der Waals surface area contributed by atoms with E-state index >= 15 is 0 Å². The van der Waals surface area contributed by atoms with Crippen LogP contribution < -0.4 is 0 Å². The number of esters is 1. The monoisotopic (exact) mass is 277 g/mol. The van der Waals surface area contributed by atoms with Crippen molar-refractivity contribution in [3.63, 3.8) is 0 Å². The third-order valence-electron chi connectivity index (χ3n) is 1.88. The lowest BCUT2D eigenvalue weighted by Crippen LogP contribution is -2.07. The predicted molar refractivity (Wildman–Crippen MR) is 57.8 cm³/mol. The van der Waals surface area contributed by atoms with Crippen LogP contribution in [0.25, 0.3) is 0 Å². The van der Waals surface area contributed by atoms with Crippen LogP contribution in [0.2, 0.25) is 5.15 Å². The van der Waals surface area contributed by atoms with Crippen LogP contribution in [-0.2, 0) is 4.74 Å². The number of methoxy groups -OCH3 is 1. The number of hydrogen-bond donors (Lipinski definition) is 0. The number of pyridine rings is 1. The second kappa shape index (κ2) is 4.28. The quantitative estimate of drug-likeness (QED) is 0.586. The Hall–Kier alpha value is -0.610. The maximum absolute atomic E-state index is 11.4. The summed E-state index contributed by atoms with van der Waals surface area (Å²) in [5, 5.41) is 0.176. The van der Waals surface area contributed by atoms with Crippen molar-refractivity contribution < 1.29 is 9.53 Å². The van der Waals surface area contributed by atoms with Crippen molar-refractivity contribution in [2.45, 2.75) is 13.8 Å². The fourth-order valence-corrected chi connectivity index (χ4v) is 1.76. The Morgan fingerprint density at radius 1 is 1.50 bits per heavy atom. The van der Waals surface area contributed by atoms with Gasteiger partial charge in [0.05, 0.1) is 12.8 Å². The number of ether oxygens (including phenoxy) is 1. The number of carbonyl (C=O) groups excluding carboxylic acids is 1. The molecule has 0 radical (unpaired) electrons. The number of carbonyl (C=O) groups is 1. The normalized spacial score (nSPS) is 10.1. The first-order chi connectivity index (χ1) is 6.49. The molecule has 0 aliphatic carbocycles. The summed E-state index contributed by atoms with van der Waals surface area (Å²) >= 11 is 9.18. The van der Waals surface area contributed by atoms with Gasteiger partial charge in [-0.3, -0.25) is 0 Å². The molecule has 0 aliphatic rings. The zero-order valence-electron chi connectivity index (χ0n) is 8.02. The lowest BCUT2D eigenvalue weighted by atomic mass is 10.1. The molecule has 5 heteroatoms. The zero-order chi connectivity index (χ0) is 10.9. The van der Waals surface area contributed by atoms with E-state index < -0.39 is 5.97 Å². The molecule has 0 atom stereocenters. The Morgan fingerprint density at radius 3 is 2.57 bits per heavy atom. The van der Waals surface area contributed by atoms with Crippen molar-refractivity contribution in [2.75, 3.05) is 7.11 Å². The first-order valence-electron chi connectivity index (χ1n) is 3.89. The van der Waals surface area contributed by atoms with Gasteiger partial charge in [0.15, 0.2) is 0 Å². The van der Waals surface area contributed by atoms with Gasteiger partial charge in [0.1, 0.15) is 10.7 Å². The number of nitrogens with zero attached hydrogens (tertiary/aromatic N) is 1. The summed E-state index contributed by atoms with van der Waals surface area (Å²) in [6.45, 7) is 3.60. The summed E-state index contributed by atoms with van der Waals surface area (Å²) in [7, 11) is 1.31. The van der Waals surface area contributed by atoms with E-state index in [2.05, 4.69) is 25.7 Å². The number of halogens is 2. The number of hydrogen-bond acceptors (Lipinski definition) is 3. The second-order valence-electron chi connectivity index (χ2n) is 2.79. The highest BCUT2D eigenvalue weighted by atomic mass is 79.9. The number of aromatic nitrogens is 1. The molecule has 1 heterocycles. The predicted octanol–water partition coefficient (Wildman–Crippen LogP) is 2.90. The van der Waals surface area contributed by atoms with Crippen LogP contribution in [0.5, 0.6) is 0 Å². The summed E-state index contributed by atoms with van der Waals surface area (Å²) in [5.41, 5.74) is 1.81. The molecule has 0 N–H and O–H groups in total. The summed E-state index contributed by atoms with van der Waals surface area (Å²) in [4.78, 5) is 15.4. The molecule has 76 valence electrons. The Kier molecular flexibility index (Phi) is 3.50. The third kappa shape index (κ3) is 1.91. The third-order valence-corrected chi connectivity index (χ3v) is 3.33. The van der Waals surface area contributed by atoms with Crippen molar-refractivity contribution in [1.82, 2.24) is 4.98 Å². The smallest absolute Gasteiger partial charge is 0.341 e. The Bertz CT molecular complexity index is 393. The molecule has 1 rings (SSSR count). The van der Waals surface area contributed by atoms with E-state index in [1.165, 1.54) is 7.11 Å². The molecular weight excluding hydrogens is 269 g/mol. The maximum Gasteiger partial charge on any atom is 0.341 e. The molecule has 0 saturated heterocycles. The highest BCUT2D eigenvalue weighted by Gasteiger charge is 2.18. The topological polar surface area (TPSA) is 39.2 Å². The van der Waals surface area contributed by atoms with Crippen LogP contribution in [-0.4, -0.2) is 18.1 Å². The van der Waals surface area contributed by atoms with Gasteiger partial charge in [-0.15, -0.1) is 0 Å². The van der Waals surface area contributed by atoms with Crippen molar-refractivity contribution in [1.29, 1.82) is 0 Å². The molecule has 0 aromatic carbocycles. The van der Waals surface area contributed by atoms with Gasteiger partial charge in [-0.05, 0) is 35.3 Å². The molecular formula is C9H9BrClNO2. The van der Waals surface area contributed by atoms with Crippen LogP contribution in [0.1, 0.15) is 21.6 Å². The SMILES string of the molecule is COC(=O)c1c(Cl)nc(C)c(Br)c1C. The average Bonchev–Trinajstić information content (AvgIpc) is 2.14. The zero-order valence-corrected chi connectivity index (χ0v) is 10.4. The van der Waals surface area contributed by atoms with E-state index in [0.29, 0.717) is 5.56 Å². The summed E-state index contributed by atoms with van der Waals surface area (Å²) < 4.78 is 5.39. The summed E-state index contributed by atoms with van der Waals surface area (Å²) in [6.07, 6.45) is 0. The van der Waals surface area contributed by atoms with Crippen molar-refractivity contribution >= 4 is 33.5 Å². The molecule has 0 aliphatic heterocycles. The molecule has 14 heavy (non-hydrogen) atoms. The average molecular weight is 279 g/mol. The fourth-order valence-electron chi connectivity index (χ4n) is 1.13. The number of aryl methyl sites for hydroxylation is 1. The fraction of sp³-hybridized carbons (Fsp3) is 0.333. The van der Waals surface area contributed by atoms with Crippen LogP contribution in [0, 0.1) is 13.8 Å². The highest BCUT2D eigenvalue weighted by Crippen LogP contribution is 2.27. The number of rotatable bonds is 1. The van der Waals surface area contributed by atoms with Crippen LogP contribution in [0.3, 0.4) is 0 Å². The maximum atomic E-state index is 11.4. The molecule has 0 saturated carbocycles. The van der Waals surface area contributed by atoms with E-state index in [4.69, 9.17) is 11.6 Å². The molecule has 0 spiro atoms. The minimum absolute atomic E-state index is 0.176. The van der Waals surface area contributed by atoms with Gasteiger partial charge in [-0.1, -0.05) is 11.6 Å². The van der Waals surface area contributed by atoms with Gasteiger partial charge in [-0.2, -0.15) is 0 Å². The molecule has 0 unspecified atom stereocenters. The molecule has 0 bridgehead atoms. The standard InChI is InChI=1S/C9H9BrClNO2/c1-4-6(9(13)14-3)8(11)12-5(2)7(4)10/h1-3H3. The van der Waals surface area contributed by atoms with Gasteiger partial charge < -0.3 is 4.74 Å². The highest BCUT2D eigenvalue weighted by molar-refractivity contribution is 9.10. The van der Waals surface area contributed by atoms with Gasteiger partial charge >= 0.3 is 5.97 Å². The van der Waals surface area contributed by atoms with E-state index in [1.807, 2.05) is 6.92 Å². The van der Waals surface area contributed by atoms with Gasteiger partial charge in [-0.25, -0.2) is 9.78 Å². The van der Waals surface area contributed by atoms with E-state index in [9.17, 15) is 4.79 Å². The molecule has 1 aromatic rings. The Morgan fingerprint density at radius 2 is 2.07 bits per heavy atom. The van der Waals surface area contributed by atoms with Crippen molar-refractivity contribution in [3.05, 3.63) is 26.4 Å². The van der Waals surface area contributed by atoms with Crippen molar-refractivity contribution in [2.24, 2.45) is 0 Å². The van der Waals surface area contributed by atoms with Crippen LogP contribution in [0.15, 0.2) is 4.47 Å². The minimum atomic E-state index is -0.472.